The van der Waals surface area contributed by atoms with Crippen molar-refractivity contribution in [2.45, 2.75) is 24.4 Å². The molecule has 1 unspecified atom stereocenters. The molecule has 3 aromatic rings. The normalized spacial score (nSPS) is 13.1. The number of hydrogen-bond acceptors (Lipinski definition) is 5. The van der Waals surface area contributed by atoms with Gasteiger partial charge in [0.1, 0.15) is 12.4 Å². The number of fused-ring (bicyclic) bond motifs is 1. The third-order valence-corrected chi connectivity index (χ3v) is 4.96. The predicted octanol–water partition coefficient (Wildman–Crippen LogP) is 4.24. The Morgan fingerprint density at radius 1 is 1.30 bits per heavy atom. The summed E-state index contributed by atoms with van der Waals surface area (Å²) in [5, 5.41) is 17.8. The van der Waals surface area contributed by atoms with Crippen LogP contribution in [-0.4, -0.2) is 38.2 Å². The van der Waals surface area contributed by atoms with Gasteiger partial charge in [0.2, 0.25) is 0 Å². The fraction of sp³-hybridized carbons (Fsp3) is 0.294. The minimum Gasteiger partial charge on any atom is -0.491 e. The van der Waals surface area contributed by atoms with Crippen LogP contribution in [0.5, 0.6) is 5.75 Å². The highest BCUT2D eigenvalue weighted by molar-refractivity contribution is 7.99. The van der Waals surface area contributed by atoms with Crippen molar-refractivity contribution in [1.82, 2.24) is 14.6 Å². The molecule has 0 bridgehead atoms. The molecule has 0 radical (unpaired) electrons. The summed E-state index contributed by atoms with van der Waals surface area (Å²) >= 11 is 6.94. The van der Waals surface area contributed by atoms with Crippen molar-refractivity contribution in [2.75, 3.05) is 12.4 Å². The lowest BCUT2D eigenvalue weighted by Crippen LogP contribution is -2.20. The predicted molar refractivity (Wildman–Crippen MR) is 96.4 cm³/mol. The number of halogens is 4. The summed E-state index contributed by atoms with van der Waals surface area (Å²) in [6.45, 7) is 1.97. The molecule has 0 fully saturated rings. The van der Waals surface area contributed by atoms with Gasteiger partial charge in [0, 0.05) is 11.9 Å². The van der Waals surface area contributed by atoms with Gasteiger partial charge in [-0.05, 0) is 30.7 Å². The average molecular weight is 418 g/mol. The molecule has 3 rings (SSSR count). The molecule has 0 amide bonds. The van der Waals surface area contributed by atoms with Crippen LogP contribution in [0.15, 0.2) is 41.7 Å². The second-order valence-electron chi connectivity index (χ2n) is 5.84. The van der Waals surface area contributed by atoms with Gasteiger partial charge in [-0.15, -0.1) is 10.2 Å². The number of benzene rings is 1. The number of aryl methyl sites for hydroxylation is 1. The first-order chi connectivity index (χ1) is 12.7. The van der Waals surface area contributed by atoms with Gasteiger partial charge in [0.05, 0.1) is 16.7 Å². The summed E-state index contributed by atoms with van der Waals surface area (Å²) in [6, 6.07) is 8.20. The highest BCUT2D eigenvalue weighted by atomic mass is 35.5. The molecule has 2 heterocycles. The number of thioether (sulfide) groups is 1. The Balaban J connectivity index is 1.67. The number of aromatic nitrogens is 3. The van der Waals surface area contributed by atoms with E-state index in [0.29, 0.717) is 5.75 Å². The standard InChI is InChI=1S/C17H15ClF3N3O2S/c1-10-3-2-4-13(5-10)26-8-12(25)9-27-16-23-22-15-14(18)6-11(7-24(15)16)17(19,20)21/h2-7,12,25H,8-9H2,1H3. The van der Waals surface area contributed by atoms with E-state index in [4.69, 9.17) is 16.3 Å². The maximum atomic E-state index is 13.0. The Bertz CT molecular complexity index is 949. The van der Waals surface area contributed by atoms with E-state index in [-0.39, 0.29) is 28.2 Å². The van der Waals surface area contributed by atoms with E-state index in [1.54, 1.807) is 6.07 Å². The van der Waals surface area contributed by atoms with Gasteiger partial charge in [-0.1, -0.05) is 35.5 Å². The van der Waals surface area contributed by atoms with Crippen LogP contribution in [0.25, 0.3) is 5.65 Å². The molecular weight excluding hydrogens is 403 g/mol. The fourth-order valence-electron chi connectivity index (χ4n) is 2.30. The molecule has 0 spiro atoms. The van der Waals surface area contributed by atoms with Gasteiger partial charge in [-0.3, -0.25) is 4.40 Å². The van der Waals surface area contributed by atoms with E-state index < -0.39 is 17.8 Å². The zero-order chi connectivity index (χ0) is 19.6. The van der Waals surface area contributed by atoms with Crippen LogP contribution in [0.2, 0.25) is 5.02 Å². The molecule has 5 nitrogen and oxygen atoms in total. The van der Waals surface area contributed by atoms with Crippen LogP contribution < -0.4 is 4.74 Å². The van der Waals surface area contributed by atoms with E-state index in [1.165, 1.54) is 4.40 Å². The van der Waals surface area contributed by atoms with Crippen LogP contribution in [0.4, 0.5) is 13.2 Å². The number of rotatable bonds is 6. The number of hydrogen-bond donors (Lipinski definition) is 1. The molecule has 0 saturated heterocycles. The maximum absolute atomic E-state index is 13.0. The maximum Gasteiger partial charge on any atom is 0.417 e. The van der Waals surface area contributed by atoms with Crippen molar-refractivity contribution in [3.8, 4) is 5.75 Å². The minimum atomic E-state index is -4.54. The summed E-state index contributed by atoms with van der Waals surface area (Å²) in [6.07, 6.45) is -4.49. The van der Waals surface area contributed by atoms with E-state index in [0.717, 1.165) is 29.6 Å². The Hall–Kier alpha value is -1.97. The van der Waals surface area contributed by atoms with E-state index in [2.05, 4.69) is 10.2 Å². The van der Waals surface area contributed by atoms with Crippen molar-refractivity contribution in [3.63, 3.8) is 0 Å². The largest absolute Gasteiger partial charge is 0.491 e. The van der Waals surface area contributed by atoms with Gasteiger partial charge >= 0.3 is 6.18 Å². The molecule has 144 valence electrons. The quantitative estimate of drug-likeness (QED) is 0.608. The van der Waals surface area contributed by atoms with Crippen molar-refractivity contribution in [3.05, 3.63) is 52.7 Å². The Kier molecular flexibility index (Phi) is 5.83. The molecule has 0 aliphatic rings. The molecule has 2 aromatic heterocycles. The van der Waals surface area contributed by atoms with E-state index >= 15 is 0 Å². The number of nitrogens with zero attached hydrogens (tertiary/aromatic N) is 3. The van der Waals surface area contributed by atoms with E-state index in [1.807, 2.05) is 25.1 Å². The van der Waals surface area contributed by atoms with Crippen molar-refractivity contribution >= 4 is 29.0 Å². The van der Waals surface area contributed by atoms with Gasteiger partial charge in [0.25, 0.3) is 0 Å². The van der Waals surface area contributed by atoms with Gasteiger partial charge in [0.15, 0.2) is 10.8 Å². The van der Waals surface area contributed by atoms with Gasteiger partial charge < -0.3 is 9.84 Å². The zero-order valence-corrected chi connectivity index (χ0v) is 15.6. The Morgan fingerprint density at radius 3 is 2.78 bits per heavy atom. The van der Waals surface area contributed by atoms with Gasteiger partial charge in [-0.25, -0.2) is 0 Å². The zero-order valence-electron chi connectivity index (χ0n) is 14.1. The Morgan fingerprint density at radius 2 is 2.07 bits per heavy atom. The smallest absolute Gasteiger partial charge is 0.417 e. The van der Waals surface area contributed by atoms with Crippen molar-refractivity contribution < 1.29 is 23.0 Å². The summed E-state index contributed by atoms with van der Waals surface area (Å²) in [7, 11) is 0. The topological polar surface area (TPSA) is 59.7 Å². The molecule has 27 heavy (non-hydrogen) atoms. The lowest BCUT2D eigenvalue weighted by molar-refractivity contribution is -0.137. The van der Waals surface area contributed by atoms with E-state index in [9.17, 15) is 18.3 Å². The second kappa shape index (κ2) is 7.95. The lowest BCUT2D eigenvalue weighted by Gasteiger charge is -2.12. The van der Waals surface area contributed by atoms with Gasteiger partial charge in [-0.2, -0.15) is 13.2 Å². The number of alkyl halides is 3. The highest BCUT2D eigenvalue weighted by Crippen LogP contribution is 2.33. The molecule has 1 aromatic carbocycles. The molecule has 0 saturated carbocycles. The molecular formula is C17H15ClF3N3O2S. The molecule has 1 atom stereocenters. The van der Waals surface area contributed by atoms with Crippen LogP contribution in [0, 0.1) is 6.92 Å². The fourth-order valence-corrected chi connectivity index (χ4v) is 3.36. The molecule has 1 N–H and O–H groups in total. The summed E-state index contributed by atoms with van der Waals surface area (Å²) in [5.41, 5.74) is 0.256. The number of ether oxygens (including phenoxy) is 1. The van der Waals surface area contributed by atoms with Crippen molar-refractivity contribution in [2.24, 2.45) is 0 Å². The first kappa shape index (κ1) is 19.8. The first-order valence-electron chi connectivity index (χ1n) is 7.86. The van der Waals surface area contributed by atoms with Crippen LogP contribution in [0.3, 0.4) is 0 Å². The molecule has 0 aliphatic carbocycles. The lowest BCUT2D eigenvalue weighted by atomic mass is 10.2. The van der Waals surface area contributed by atoms with Crippen molar-refractivity contribution in [1.29, 1.82) is 0 Å². The van der Waals surface area contributed by atoms with Crippen LogP contribution in [0.1, 0.15) is 11.1 Å². The Labute approximate surface area is 162 Å². The third kappa shape index (κ3) is 4.85. The number of aliphatic hydroxyl groups excluding tert-OH is 1. The second-order valence-corrected chi connectivity index (χ2v) is 7.24. The van der Waals surface area contributed by atoms with Crippen LogP contribution >= 0.6 is 23.4 Å². The average Bonchev–Trinajstić information content (AvgIpc) is 3.01. The number of pyridine rings is 1. The monoisotopic (exact) mass is 417 g/mol. The number of aliphatic hydroxyl groups is 1. The molecule has 0 aliphatic heterocycles. The summed E-state index contributed by atoms with van der Waals surface area (Å²) in [5.74, 6) is 0.800. The summed E-state index contributed by atoms with van der Waals surface area (Å²) in [4.78, 5) is 0. The summed E-state index contributed by atoms with van der Waals surface area (Å²) < 4.78 is 45.6. The third-order valence-electron chi connectivity index (χ3n) is 3.59. The van der Waals surface area contributed by atoms with Crippen LogP contribution in [-0.2, 0) is 6.18 Å². The molecule has 10 heteroatoms. The highest BCUT2D eigenvalue weighted by Gasteiger charge is 2.32. The first-order valence-corrected chi connectivity index (χ1v) is 9.22. The SMILES string of the molecule is Cc1cccc(OCC(O)CSc2nnc3c(Cl)cc(C(F)(F)F)cn23)c1. The minimum absolute atomic E-state index is 0.0434.